The Morgan fingerprint density at radius 2 is 1.97 bits per heavy atom. The second-order valence-corrected chi connectivity index (χ2v) is 6.84. The number of alkyl halides is 3. The molecule has 4 rings (SSSR count). The van der Waals surface area contributed by atoms with Crippen molar-refractivity contribution in [1.29, 1.82) is 5.26 Å². The quantitative estimate of drug-likeness (QED) is 0.644. The van der Waals surface area contributed by atoms with Gasteiger partial charge in [0.15, 0.2) is 0 Å². The molecule has 0 spiro atoms. The number of nitriles is 1. The lowest BCUT2D eigenvalue weighted by atomic mass is 9.80. The molecule has 3 aromatic rings. The van der Waals surface area contributed by atoms with E-state index < -0.39 is 17.6 Å². The van der Waals surface area contributed by atoms with Crippen LogP contribution in [0.15, 0.2) is 28.9 Å². The number of pyridine rings is 1. The van der Waals surface area contributed by atoms with E-state index >= 15 is 0 Å². The van der Waals surface area contributed by atoms with Crippen LogP contribution in [-0.4, -0.2) is 62.4 Å². The molecule has 1 aliphatic heterocycles. The van der Waals surface area contributed by atoms with Crippen LogP contribution in [0.5, 0.6) is 0 Å². The Bertz CT molecular complexity index is 1080. The summed E-state index contributed by atoms with van der Waals surface area (Å²) in [5.41, 5.74) is 0.730. The maximum absolute atomic E-state index is 10.6. The Morgan fingerprint density at radius 1 is 1.30 bits per heavy atom. The fraction of sp³-hybridized carbons (Fsp3) is 0.389. The normalized spacial score (nSPS) is 16.5. The molecular formula is C18H17F3N6O3. The lowest BCUT2D eigenvalue weighted by Gasteiger charge is -2.32. The topological polar surface area (TPSA) is 132 Å². The molecule has 30 heavy (non-hydrogen) atoms. The minimum Gasteiger partial charge on any atom is -0.475 e. The van der Waals surface area contributed by atoms with Gasteiger partial charge < -0.3 is 19.5 Å². The third-order valence-corrected chi connectivity index (χ3v) is 4.77. The number of likely N-dealkylation sites (tertiary alicyclic amines) is 1. The first kappa shape index (κ1) is 21.3. The zero-order valence-electron chi connectivity index (χ0n) is 15.8. The molecule has 1 saturated heterocycles. The fourth-order valence-electron chi connectivity index (χ4n) is 2.95. The average Bonchev–Trinajstić information content (AvgIpc) is 3.38. The number of nitrogens with one attached hydrogen (secondary N) is 1. The van der Waals surface area contributed by atoms with E-state index in [4.69, 9.17) is 14.4 Å². The number of aliphatic carboxylic acids is 1. The number of nitrogens with zero attached hydrogens (tertiary/aromatic N) is 5. The molecule has 0 radical (unpaired) electrons. The summed E-state index contributed by atoms with van der Waals surface area (Å²) in [7, 11) is 2.05. The van der Waals surface area contributed by atoms with E-state index in [0.29, 0.717) is 30.3 Å². The van der Waals surface area contributed by atoms with E-state index in [9.17, 15) is 18.4 Å². The highest BCUT2D eigenvalue weighted by Crippen LogP contribution is 2.34. The largest absolute Gasteiger partial charge is 0.490 e. The summed E-state index contributed by atoms with van der Waals surface area (Å²) < 4.78 is 37.2. The van der Waals surface area contributed by atoms with Gasteiger partial charge in [-0.2, -0.15) is 23.4 Å². The van der Waals surface area contributed by atoms with Crippen molar-refractivity contribution in [3.05, 3.63) is 30.3 Å². The van der Waals surface area contributed by atoms with E-state index in [1.807, 2.05) is 24.4 Å². The van der Waals surface area contributed by atoms with Crippen molar-refractivity contribution < 1.29 is 27.6 Å². The Kier molecular flexibility index (Phi) is 5.75. The summed E-state index contributed by atoms with van der Waals surface area (Å²) in [5.74, 6) is -1.94. The van der Waals surface area contributed by atoms with Crippen LogP contribution in [0, 0.1) is 11.3 Å². The van der Waals surface area contributed by atoms with Crippen molar-refractivity contribution >= 4 is 17.0 Å². The Morgan fingerprint density at radius 3 is 2.57 bits per heavy atom. The fourth-order valence-corrected chi connectivity index (χ4v) is 2.95. The van der Waals surface area contributed by atoms with Crippen molar-refractivity contribution in [3.8, 4) is 17.6 Å². The Balaban J connectivity index is 0.000000318. The maximum atomic E-state index is 10.6. The molecule has 2 N–H and O–H groups in total. The first-order valence-electron chi connectivity index (χ1n) is 8.83. The van der Waals surface area contributed by atoms with Crippen molar-refractivity contribution in [1.82, 2.24) is 25.0 Å². The number of halogens is 3. The van der Waals surface area contributed by atoms with Crippen LogP contribution in [0.25, 0.3) is 22.6 Å². The van der Waals surface area contributed by atoms with Crippen molar-refractivity contribution in [2.75, 3.05) is 20.1 Å². The number of carbonyl (C=O) groups is 1. The molecule has 1 aliphatic rings. The van der Waals surface area contributed by atoms with Crippen molar-refractivity contribution in [2.45, 2.75) is 24.4 Å². The molecule has 158 valence electrons. The van der Waals surface area contributed by atoms with Gasteiger partial charge in [0.1, 0.15) is 16.8 Å². The van der Waals surface area contributed by atoms with Crippen molar-refractivity contribution in [3.63, 3.8) is 0 Å². The molecule has 0 atom stereocenters. The summed E-state index contributed by atoms with van der Waals surface area (Å²) in [6.07, 6.45) is -1.85. The first-order chi connectivity index (χ1) is 14.1. The highest BCUT2D eigenvalue weighted by Gasteiger charge is 2.41. The van der Waals surface area contributed by atoms with Gasteiger partial charge in [0.05, 0.1) is 6.07 Å². The van der Waals surface area contributed by atoms with Crippen LogP contribution in [0.3, 0.4) is 0 Å². The summed E-state index contributed by atoms with van der Waals surface area (Å²) in [4.78, 5) is 23.1. The molecule has 4 heterocycles. The van der Waals surface area contributed by atoms with E-state index in [1.165, 1.54) is 0 Å². The zero-order chi connectivity index (χ0) is 21.9. The number of aromatic nitrogens is 4. The van der Waals surface area contributed by atoms with Crippen LogP contribution >= 0.6 is 0 Å². The smallest absolute Gasteiger partial charge is 0.475 e. The van der Waals surface area contributed by atoms with Gasteiger partial charge in [0, 0.05) is 11.6 Å². The monoisotopic (exact) mass is 422 g/mol. The SMILES string of the molecule is CN1CCC(C#N)(c2nc(-c3ccc4cc[nH]c4n3)no2)CC1.O=C(O)C(F)(F)F. The van der Waals surface area contributed by atoms with Crippen molar-refractivity contribution in [2.24, 2.45) is 0 Å². The number of aromatic amines is 1. The highest BCUT2D eigenvalue weighted by atomic mass is 19.4. The summed E-state index contributed by atoms with van der Waals surface area (Å²) in [6, 6.07) is 8.17. The molecule has 3 aromatic heterocycles. The van der Waals surface area contributed by atoms with Gasteiger partial charge in [-0.05, 0) is 51.2 Å². The molecule has 0 unspecified atom stereocenters. The van der Waals surface area contributed by atoms with Gasteiger partial charge in [-0.3, -0.25) is 0 Å². The zero-order valence-corrected chi connectivity index (χ0v) is 15.8. The van der Waals surface area contributed by atoms with Gasteiger partial charge >= 0.3 is 12.1 Å². The summed E-state index contributed by atoms with van der Waals surface area (Å²) in [6.45, 7) is 1.69. The Hall–Kier alpha value is -3.46. The lowest BCUT2D eigenvalue weighted by molar-refractivity contribution is -0.192. The molecule has 12 heteroatoms. The lowest BCUT2D eigenvalue weighted by Crippen LogP contribution is -2.40. The predicted octanol–water partition coefficient (Wildman–Crippen LogP) is 2.73. The van der Waals surface area contributed by atoms with Gasteiger partial charge in [0.25, 0.3) is 0 Å². The second-order valence-electron chi connectivity index (χ2n) is 6.84. The van der Waals surface area contributed by atoms with Gasteiger partial charge in [0.2, 0.25) is 11.7 Å². The molecule has 1 fully saturated rings. The van der Waals surface area contributed by atoms with E-state index in [0.717, 1.165) is 24.1 Å². The van der Waals surface area contributed by atoms with Crippen LogP contribution in [0.1, 0.15) is 18.7 Å². The minimum absolute atomic E-state index is 0.400. The maximum Gasteiger partial charge on any atom is 0.490 e. The van der Waals surface area contributed by atoms with Crippen LogP contribution in [0.2, 0.25) is 0 Å². The first-order valence-corrected chi connectivity index (χ1v) is 8.83. The number of carboxylic acid groups (broad SMARTS) is 1. The Labute approximate surface area is 168 Å². The number of fused-ring (bicyclic) bond motifs is 1. The second kappa shape index (κ2) is 8.11. The van der Waals surface area contributed by atoms with E-state index in [2.05, 4.69) is 38.1 Å². The van der Waals surface area contributed by atoms with Crippen LogP contribution in [0.4, 0.5) is 13.2 Å². The molecule has 0 aromatic carbocycles. The average molecular weight is 422 g/mol. The van der Waals surface area contributed by atoms with E-state index in [1.54, 1.807) is 0 Å². The molecular weight excluding hydrogens is 405 g/mol. The third kappa shape index (κ3) is 4.41. The van der Waals surface area contributed by atoms with Crippen LogP contribution < -0.4 is 0 Å². The minimum atomic E-state index is -5.08. The molecule has 0 saturated carbocycles. The molecule has 0 amide bonds. The van der Waals surface area contributed by atoms with Gasteiger partial charge in [-0.15, -0.1) is 0 Å². The van der Waals surface area contributed by atoms with Gasteiger partial charge in [-0.1, -0.05) is 5.16 Å². The number of piperidine rings is 1. The van der Waals surface area contributed by atoms with Crippen LogP contribution in [-0.2, 0) is 10.2 Å². The summed E-state index contributed by atoms with van der Waals surface area (Å²) in [5, 5.41) is 21.8. The number of hydrogen-bond donors (Lipinski definition) is 2. The molecule has 0 aliphatic carbocycles. The third-order valence-electron chi connectivity index (χ3n) is 4.77. The molecule has 9 nitrogen and oxygen atoms in total. The number of rotatable bonds is 2. The predicted molar refractivity (Wildman–Crippen MR) is 97.1 cm³/mol. The number of hydrogen-bond acceptors (Lipinski definition) is 7. The number of carboxylic acids is 1. The molecule has 0 bridgehead atoms. The summed E-state index contributed by atoms with van der Waals surface area (Å²) >= 11 is 0. The van der Waals surface area contributed by atoms with Gasteiger partial charge in [-0.25, -0.2) is 9.78 Å². The standard InChI is InChI=1S/C16H16N6O.C2HF3O2/c1-22-8-5-16(10-17,6-9-22)15-20-14(21-23-15)12-3-2-11-4-7-18-13(11)19-12;3-2(4,5)1(6)7/h2-4,7H,5-6,8-9H2,1H3,(H,18,19);(H,6,7). The number of H-pyrrole nitrogens is 1. The van der Waals surface area contributed by atoms with E-state index in [-0.39, 0.29) is 0 Å². The highest BCUT2D eigenvalue weighted by molar-refractivity contribution is 5.77.